The zero-order valence-electron chi connectivity index (χ0n) is 60.9. The van der Waals surface area contributed by atoms with Gasteiger partial charge in [0.15, 0.2) is 0 Å². The van der Waals surface area contributed by atoms with Crippen LogP contribution in [0, 0.1) is 0 Å². The summed E-state index contributed by atoms with van der Waals surface area (Å²) in [6.45, 7) is 9.56. The predicted molar refractivity (Wildman–Crippen MR) is 449 cm³/mol. The van der Waals surface area contributed by atoms with Crippen LogP contribution in [0.3, 0.4) is 0 Å². The molecule has 4 aliphatic rings. The van der Waals surface area contributed by atoms with Gasteiger partial charge in [0.25, 0.3) is 0 Å². The Bertz CT molecular complexity index is 5650. The van der Waals surface area contributed by atoms with Gasteiger partial charge in [-0.1, -0.05) is 307 Å². The molecule has 2 aliphatic carbocycles. The number of hydrogen-bond donors (Lipinski definition) is 0. The molecular formula is C104H78N4. The van der Waals surface area contributed by atoms with E-state index in [4.69, 9.17) is 0 Å². The number of rotatable bonds is 13. The molecule has 2 heterocycles. The predicted octanol–water partition coefficient (Wildman–Crippen LogP) is 27.2. The summed E-state index contributed by atoms with van der Waals surface area (Å²) >= 11 is 0. The molecule has 16 aromatic carbocycles. The van der Waals surface area contributed by atoms with Gasteiger partial charge >= 0.3 is 0 Å². The molecule has 0 saturated heterocycles. The lowest BCUT2D eigenvalue weighted by Gasteiger charge is -2.42. The molecule has 2 aliphatic heterocycles. The normalized spacial score (nSPS) is 14.6. The molecule has 4 heteroatoms. The van der Waals surface area contributed by atoms with E-state index in [9.17, 15) is 0 Å². The third-order valence-electron chi connectivity index (χ3n) is 24.0. The van der Waals surface area contributed by atoms with E-state index in [0.29, 0.717) is 0 Å². The Morgan fingerprint density at radius 3 is 0.787 bits per heavy atom. The maximum absolute atomic E-state index is 2.50. The Labute approximate surface area is 633 Å². The van der Waals surface area contributed by atoms with Crippen LogP contribution in [0.15, 0.2) is 400 Å². The first-order valence-corrected chi connectivity index (χ1v) is 37.8. The average Bonchev–Trinajstić information content (AvgIpc) is 1.49. The highest BCUT2D eigenvalue weighted by Crippen LogP contribution is 2.62. The van der Waals surface area contributed by atoms with Crippen LogP contribution >= 0.6 is 0 Å². The summed E-state index contributed by atoms with van der Waals surface area (Å²) in [5.41, 5.74) is 33.9. The van der Waals surface area contributed by atoms with Crippen molar-refractivity contribution >= 4 is 68.2 Å². The minimum atomic E-state index is -0.590. The summed E-state index contributed by atoms with van der Waals surface area (Å²) in [5.74, 6) is 0. The van der Waals surface area contributed by atoms with Crippen molar-refractivity contribution in [1.29, 1.82) is 0 Å². The van der Waals surface area contributed by atoms with E-state index in [1.165, 1.54) is 112 Å². The lowest BCUT2D eigenvalue weighted by Crippen LogP contribution is -2.31. The van der Waals surface area contributed by atoms with Gasteiger partial charge < -0.3 is 19.6 Å². The minimum Gasteiger partial charge on any atom is -0.310 e. The van der Waals surface area contributed by atoms with Gasteiger partial charge in [0.2, 0.25) is 0 Å². The lowest BCUT2D eigenvalue weighted by atomic mass is 9.67. The molecule has 4 nitrogen and oxygen atoms in total. The molecule has 0 spiro atoms. The zero-order valence-corrected chi connectivity index (χ0v) is 60.9. The van der Waals surface area contributed by atoms with E-state index in [0.717, 1.165) is 56.6 Å². The van der Waals surface area contributed by atoms with Crippen molar-refractivity contribution in [2.45, 2.75) is 49.4 Å². The van der Waals surface area contributed by atoms with Gasteiger partial charge in [-0.15, -0.1) is 0 Å². The quantitative estimate of drug-likeness (QED) is 0.114. The second kappa shape index (κ2) is 25.2. The Morgan fingerprint density at radius 1 is 0.194 bits per heavy atom. The Balaban J connectivity index is 0.744. The maximum atomic E-state index is 2.50. The molecule has 0 atom stereocenters. The van der Waals surface area contributed by atoms with Crippen molar-refractivity contribution in [3.63, 3.8) is 0 Å². The van der Waals surface area contributed by atoms with Gasteiger partial charge in [-0.2, -0.15) is 0 Å². The van der Waals surface area contributed by atoms with Gasteiger partial charge in [0.05, 0.1) is 33.6 Å². The Kier molecular flexibility index (Phi) is 15.0. The van der Waals surface area contributed by atoms with Crippen LogP contribution in [0.4, 0.5) is 68.2 Å². The molecule has 0 saturated carbocycles. The molecule has 108 heavy (non-hydrogen) atoms. The van der Waals surface area contributed by atoms with E-state index in [2.05, 4.69) is 448 Å². The molecule has 20 rings (SSSR count). The highest BCUT2D eigenvalue weighted by Gasteiger charge is 2.49. The van der Waals surface area contributed by atoms with Crippen molar-refractivity contribution in [2.24, 2.45) is 0 Å². The number of fused-ring (bicyclic) bond motifs is 10. The highest BCUT2D eigenvalue weighted by molar-refractivity contribution is 5.95. The minimum absolute atomic E-state index is 0.340. The Morgan fingerprint density at radius 2 is 0.444 bits per heavy atom. The van der Waals surface area contributed by atoms with Crippen LogP contribution in [0.1, 0.15) is 94.5 Å². The maximum Gasteiger partial charge on any atom is 0.0714 e. The first kappa shape index (κ1) is 64.3. The molecule has 0 amide bonds. The molecule has 0 bridgehead atoms. The van der Waals surface area contributed by atoms with Crippen LogP contribution in [-0.4, -0.2) is 0 Å². The highest BCUT2D eigenvalue weighted by atomic mass is 15.2. The number of benzene rings is 16. The van der Waals surface area contributed by atoms with E-state index >= 15 is 0 Å². The standard InChI is InChI=1S/C104H78N4/c1-101(2)91-47-27-29-49-97(91)107(77-39-19-9-20-40-77)99-65-61-83(69-95(99)101)105(81-59-63-87-85-43-23-25-45-89(85)103(93(87)67-81,73-31-11-5-12-32-73)74-33-13-6-14-34-74)79-55-51-71(52-56-79)72-53-57-80(58-54-72)106(84-62-66-100-96(70-84)102(3,4)92-48-28-30-50-98(92)108(100)78-41-21-10-22-42-78)82-60-64-88-86-44-24-26-46-90(86)104(94(88)68-82,75-35-15-7-16-36-75)76-37-17-8-18-38-76/h5-70H,1-4H3. The molecular weight excluding hydrogens is 1310 g/mol. The van der Waals surface area contributed by atoms with Crippen molar-refractivity contribution in [2.75, 3.05) is 19.6 Å². The monoisotopic (exact) mass is 1380 g/mol. The van der Waals surface area contributed by atoms with E-state index in [1.54, 1.807) is 0 Å². The van der Waals surface area contributed by atoms with Crippen molar-refractivity contribution in [3.05, 3.63) is 467 Å². The second-order valence-electron chi connectivity index (χ2n) is 30.3. The SMILES string of the molecule is CC1(C)c2ccccc2N(c2ccccc2)c2ccc(N(c3ccc(-c4ccc(N(c5ccc6c(c5)C(C)(C)c5ccccc5N6c5ccccc5)c5ccc6c(c5)C(c5ccccc5)(c5ccccc5)c5ccccc5-6)cc4)cc3)c3ccc4c(c3)C(c3ccccc3)(c3ccccc3)c3ccccc3-4)cc21. The van der Waals surface area contributed by atoms with Crippen molar-refractivity contribution in [1.82, 2.24) is 0 Å². The van der Waals surface area contributed by atoms with Gasteiger partial charge in [-0.3, -0.25) is 0 Å². The fourth-order valence-electron chi connectivity index (χ4n) is 19.0. The average molecular weight is 1380 g/mol. The number of anilines is 12. The van der Waals surface area contributed by atoms with Crippen LogP contribution in [-0.2, 0) is 21.7 Å². The molecule has 0 fully saturated rings. The second-order valence-corrected chi connectivity index (χ2v) is 30.3. The summed E-state index contributed by atoms with van der Waals surface area (Å²) < 4.78 is 0. The van der Waals surface area contributed by atoms with Crippen LogP contribution in [0.5, 0.6) is 0 Å². The molecule has 0 unspecified atom stereocenters. The molecule has 514 valence electrons. The molecule has 16 aromatic rings. The lowest BCUT2D eigenvalue weighted by molar-refractivity contribution is 0.632. The van der Waals surface area contributed by atoms with E-state index in [-0.39, 0.29) is 10.8 Å². The molecule has 0 aromatic heterocycles. The third kappa shape index (κ3) is 9.76. The van der Waals surface area contributed by atoms with Crippen LogP contribution in [0.25, 0.3) is 33.4 Å². The van der Waals surface area contributed by atoms with E-state index in [1.807, 2.05) is 0 Å². The van der Waals surface area contributed by atoms with Gasteiger partial charge in [-0.25, -0.2) is 0 Å². The number of hydrogen-bond acceptors (Lipinski definition) is 4. The molecule has 0 N–H and O–H groups in total. The van der Waals surface area contributed by atoms with Crippen LogP contribution < -0.4 is 19.6 Å². The fraction of sp³-hybridized carbons (Fsp3) is 0.0769. The first-order valence-electron chi connectivity index (χ1n) is 37.8. The van der Waals surface area contributed by atoms with Crippen molar-refractivity contribution in [3.8, 4) is 33.4 Å². The smallest absolute Gasteiger partial charge is 0.0714 e. The summed E-state index contributed by atoms with van der Waals surface area (Å²) in [4.78, 5) is 9.89. The fourth-order valence-corrected chi connectivity index (χ4v) is 19.0. The number of nitrogens with zero attached hydrogens (tertiary/aromatic N) is 4. The van der Waals surface area contributed by atoms with Gasteiger partial charge in [-0.05, 0) is 221 Å². The summed E-state index contributed by atoms with van der Waals surface area (Å²) in [7, 11) is 0. The summed E-state index contributed by atoms with van der Waals surface area (Å²) in [6.07, 6.45) is 0. The largest absolute Gasteiger partial charge is 0.310 e. The van der Waals surface area contributed by atoms with Gasteiger partial charge in [0, 0.05) is 56.3 Å². The van der Waals surface area contributed by atoms with Gasteiger partial charge in [0.1, 0.15) is 0 Å². The third-order valence-corrected chi connectivity index (χ3v) is 24.0. The first-order chi connectivity index (χ1) is 53.1. The zero-order chi connectivity index (χ0) is 72.3. The van der Waals surface area contributed by atoms with Crippen molar-refractivity contribution < 1.29 is 0 Å². The summed E-state index contributed by atoms with van der Waals surface area (Å²) in [6, 6.07) is 150. The number of para-hydroxylation sites is 4. The Hall–Kier alpha value is -13.3. The summed E-state index contributed by atoms with van der Waals surface area (Å²) in [5, 5.41) is 0. The topological polar surface area (TPSA) is 13.0 Å². The molecule has 0 radical (unpaired) electrons. The van der Waals surface area contributed by atoms with Crippen LogP contribution in [0.2, 0.25) is 0 Å². The van der Waals surface area contributed by atoms with E-state index < -0.39 is 10.8 Å².